The zero-order chi connectivity index (χ0) is 16.7. The van der Waals surface area contributed by atoms with Gasteiger partial charge in [-0.3, -0.25) is 0 Å². The van der Waals surface area contributed by atoms with Crippen molar-refractivity contribution in [3.63, 3.8) is 0 Å². The smallest absolute Gasteiger partial charge is 0.125 e. The van der Waals surface area contributed by atoms with Crippen molar-refractivity contribution >= 4 is 0 Å². The standard InChI is InChI=1S/C21H30O/c1-14-11-15(2)19(22-8)18(12-14)21(6,7)17-10-9-16(13-17)20(3,4)5/h9-12H,13H2,1-8H3. The van der Waals surface area contributed by atoms with Gasteiger partial charge in [-0.1, -0.05) is 75.6 Å². The highest BCUT2D eigenvalue weighted by molar-refractivity contribution is 5.53. The first-order valence-corrected chi connectivity index (χ1v) is 8.13. The van der Waals surface area contributed by atoms with Crippen LogP contribution in [-0.4, -0.2) is 7.11 Å². The van der Waals surface area contributed by atoms with Crippen LogP contribution in [0, 0.1) is 19.3 Å². The molecule has 0 aromatic heterocycles. The Morgan fingerprint density at radius 1 is 0.909 bits per heavy atom. The summed E-state index contributed by atoms with van der Waals surface area (Å²) >= 11 is 0. The van der Waals surface area contributed by atoms with Crippen LogP contribution in [0.3, 0.4) is 0 Å². The van der Waals surface area contributed by atoms with E-state index in [1.54, 1.807) is 7.11 Å². The van der Waals surface area contributed by atoms with E-state index in [0.29, 0.717) is 0 Å². The molecule has 2 rings (SSSR count). The zero-order valence-electron chi connectivity index (χ0n) is 15.4. The number of aryl methyl sites for hydroxylation is 2. The quantitative estimate of drug-likeness (QED) is 0.676. The van der Waals surface area contributed by atoms with E-state index in [0.717, 1.165) is 12.2 Å². The van der Waals surface area contributed by atoms with Gasteiger partial charge in [0.2, 0.25) is 0 Å². The van der Waals surface area contributed by atoms with E-state index in [9.17, 15) is 0 Å². The summed E-state index contributed by atoms with van der Waals surface area (Å²) in [7, 11) is 1.78. The summed E-state index contributed by atoms with van der Waals surface area (Å²) in [5.41, 5.74) is 7.01. The molecule has 0 saturated carbocycles. The summed E-state index contributed by atoms with van der Waals surface area (Å²) in [5, 5.41) is 0. The van der Waals surface area contributed by atoms with Crippen LogP contribution in [0.5, 0.6) is 5.75 Å². The normalized spacial score (nSPS) is 15.6. The minimum Gasteiger partial charge on any atom is -0.496 e. The van der Waals surface area contributed by atoms with Gasteiger partial charge < -0.3 is 4.74 Å². The lowest BCUT2D eigenvalue weighted by Gasteiger charge is -2.32. The third-order valence-electron chi connectivity index (χ3n) is 4.93. The highest BCUT2D eigenvalue weighted by atomic mass is 16.5. The molecule has 1 aromatic carbocycles. The molecule has 0 bridgehead atoms. The van der Waals surface area contributed by atoms with E-state index in [2.05, 4.69) is 72.8 Å². The van der Waals surface area contributed by atoms with Gasteiger partial charge in [-0.25, -0.2) is 0 Å². The van der Waals surface area contributed by atoms with Gasteiger partial charge in [-0.15, -0.1) is 0 Å². The van der Waals surface area contributed by atoms with E-state index in [4.69, 9.17) is 4.74 Å². The van der Waals surface area contributed by atoms with Crippen molar-refractivity contribution in [3.8, 4) is 5.75 Å². The van der Waals surface area contributed by atoms with Crippen molar-refractivity contribution in [2.24, 2.45) is 5.41 Å². The molecule has 0 spiro atoms. The predicted octanol–water partition coefficient (Wildman–Crippen LogP) is 5.89. The van der Waals surface area contributed by atoms with Gasteiger partial charge in [-0.2, -0.15) is 0 Å². The first-order valence-electron chi connectivity index (χ1n) is 8.13. The van der Waals surface area contributed by atoms with Crippen LogP contribution in [0.1, 0.15) is 57.7 Å². The van der Waals surface area contributed by atoms with Gasteiger partial charge in [0.15, 0.2) is 0 Å². The molecular formula is C21H30O. The van der Waals surface area contributed by atoms with Crippen molar-refractivity contribution < 1.29 is 4.74 Å². The Labute approximate surface area is 136 Å². The number of rotatable bonds is 3. The molecule has 1 aliphatic rings. The molecule has 0 unspecified atom stereocenters. The van der Waals surface area contributed by atoms with Crippen LogP contribution in [0.25, 0.3) is 0 Å². The monoisotopic (exact) mass is 298 g/mol. The van der Waals surface area contributed by atoms with Crippen LogP contribution in [0.15, 0.2) is 35.4 Å². The van der Waals surface area contributed by atoms with Gasteiger partial charge in [0.05, 0.1) is 7.11 Å². The summed E-state index contributed by atoms with van der Waals surface area (Å²) in [6.45, 7) is 15.8. The highest BCUT2D eigenvalue weighted by Gasteiger charge is 2.33. The Hall–Kier alpha value is -1.50. The SMILES string of the molecule is COc1c(C)cc(C)cc1C(C)(C)C1=CC=C(C(C)(C)C)C1. The Balaban J connectivity index is 2.42. The lowest BCUT2D eigenvalue weighted by Crippen LogP contribution is -2.22. The van der Waals surface area contributed by atoms with Crippen LogP contribution >= 0.6 is 0 Å². The van der Waals surface area contributed by atoms with Gasteiger partial charge >= 0.3 is 0 Å². The van der Waals surface area contributed by atoms with Crippen LogP contribution in [0.2, 0.25) is 0 Å². The number of hydrogen-bond acceptors (Lipinski definition) is 1. The fraction of sp³-hybridized carbons (Fsp3) is 0.524. The summed E-state index contributed by atoms with van der Waals surface area (Å²) in [4.78, 5) is 0. The summed E-state index contributed by atoms with van der Waals surface area (Å²) in [5.74, 6) is 1.03. The molecule has 1 aliphatic carbocycles. The van der Waals surface area contributed by atoms with Gasteiger partial charge in [-0.05, 0) is 31.2 Å². The minimum absolute atomic E-state index is 0.0222. The van der Waals surface area contributed by atoms with E-state index in [1.807, 2.05) is 0 Å². The lowest BCUT2D eigenvalue weighted by atomic mass is 9.73. The predicted molar refractivity (Wildman–Crippen MR) is 95.7 cm³/mol. The third-order valence-corrected chi connectivity index (χ3v) is 4.93. The maximum absolute atomic E-state index is 5.73. The van der Waals surface area contributed by atoms with E-state index in [1.165, 1.54) is 27.8 Å². The van der Waals surface area contributed by atoms with Crippen molar-refractivity contribution in [1.29, 1.82) is 0 Å². The average Bonchev–Trinajstić information content (AvgIpc) is 2.87. The first-order chi connectivity index (χ1) is 10.1. The number of methoxy groups -OCH3 is 1. The Kier molecular flexibility index (Phi) is 4.30. The van der Waals surface area contributed by atoms with Crippen molar-refractivity contribution in [1.82, 2.24) is 0 Å². The molecule has 120 valence electrons. The van der Waals surface area contributed by atoms with Crippen LogP contribution in [0.4, 0.5) is 0 Å². The summed E-state index contributed by atoms with van der Waals surface area (Å²) < 4.78 is 5.73. The largest absolute Gasteiger partial charge is 0.496 e. The molecule has 1 heteroatoms. The second-order valence-corrected chi connectivity index (χ2v) is 8.10. The van der Waals surface area contributed by atoms with Crippen LogP contribution in [-0.2, 0) is 5.41 Å². The summed E-state index contributed by atoms with van der Waals surface area (Å²) in [6.07, 6.45) is 5.69. The second kappa shape index (κ2) is 5.61. The molecular weight excluding hydrogens is 268 g/mol. The number of allylic oxidation sites excluding steroid dienone is 4. The number of hydrogen-bond donors (Lipinski definition) is 0. The van der Waals surface area contributed by atoms with Crippen molar-refractivity contribution in [3.05, 3.63) is 52.1 Å². The molecule has 1 nitrogen and oxygen atoms in total. The fourth-order valence-corrected chi connectivity index (χ4v) is 3.33. The first kappa shape index (κ1) is 16.9. The molecule has 0 radical (unpaired) electrons. The van der Waals surface area contributed by atoms with Gasteiger partial charge in [0.25, 0.3) is 0 Å². The molecule has 1 aromatic rings. The topological polar surface area (TPSA) is 9.23 Å². The second-order valence-electron chi connectivity index (χ2n) is 8.10. The Bertz CT molecular complexity index is 637. The molecule has 0 fully saturated rings. The molecule has 0 saturated heterocycles. The molecule has 0 amide bonds. The molecule has 0 atom stereocenters. The summed E-state index contributed by atoms with van der Waals surface area (Å²) in [6, 6.07) is 4.47. The number of ether oxygens (including phenoxy) is 1. The van der Waals surface area contributed by atoms with Crippen LogP contribution < -0.4 is 4.74 Å². The molecule has 0 heterocycles. The molecule has 0 aliphatic heterocycles. The van der Waals surface area contributed by atoms with Gasteiger partial charge in [0, 0.05) is 11.0 Å². The zero-order valence-corrected chi connectivity index (χ0v) is 15.4. The maximum Gasteiger partial charge on any atom is 0.125 e. The van der Waals surface area contributed by atoms with E-state index >= 15 is 0 Å². The third kappa shape index (κ3) is 2.99. The van der Waals surface area contributed by atoms with E-state index in [-0.39, 0.29) is 10.8 Å². The fourth-order valence-electron chi connectivity index (χ4n) is 3.33. The average molecular weight is 298 g/mol. The highest BCUT2D eigenvalue weighted by Crippen LogP contribution is 2.46. The molecule has 22 heavy (non-hydrogen) atoms. The maximum atomic E-state index is 5.73. The Morgan fingerprint density at radius 3 is 2.00 bits per heavy atom. The number of benzene rings is 1. The van der Waals surface area contributed by atoms with Crippen molar-refractivity contribution in [2.45, 2.75) is 60.3 Å². The molecule has 0 N–H and O–H groups in total. The minimum atomic E-state index is -0.0222. The van der Waals surface area contributed by atoms with Crippen molar-refractivity contribution in [2.75, 3.05) is 7.11 Å². The lowest BCUT2D eigenvalue weighted by molar-refractivity contribution is 0.395. The van der Waals surface area contributed by atoms with Gasteiger partial charge in [0.1, 0.15) is 5.75 Å². The van der Waals surface area contributed by atoms with E-state index < -0.39 is 0 Å². The Morgan fingerprint density at radius 2 is 1.50 bits per heavy atom.